The summed E-state index contributed by atoms with van der Waals surface area (Å²) >= 11 is 0. The van der Waals surface area contributed by atoms with Gasteiger partial charge in [-0.2, -0.15) is 5.10 Å². The topological polar surface area (TPSA) is 50.2 Å². The monoisotopic (exact) mass is 326 g/mol. The molecule has 0 aliphatic carbocycles. The Balaban J connectivity index is 1.42. The zero-order valence-electron chi connectivity index (χ0n) is 14.5. The van der Waals surface area contributed by atoms with E-state index in [0.29, 0.717) is 12.3 Å². The average molecular weight is 326 g/mol. The Bertz CT molecular complexity index is 694. The van der Waals surface area contributed by atoms with E-state index in [1.54, 1.807) is 6.20 Å². The Hall–Kier alpha value is -2.30. The van der Waals surface area contributed by atoms with Gasteiger partial charge in [0.05, 0.1) is 0 Å². The molecule has 128 valence electrons. The molecule has 1 aliphatic heterocycles. The molecule has 0 spiro atoms. The lowest BCUT2D eigenvalue weighted by atomic mass is 10.1. The van der Waals surface area contributed by atoms with Gasteiger partial charge in [0.2, 0.25) is 5.91 Å². The molecule has 1 saturated heterocycles. The third kappa shape index (κ3) is 3.96. The van der Waals surface area contributed by atoms with Crippen LogP contribution in [-0.4, -0.2) is 35.3 Å². The minimum Gasteiger partial charge on any atom is -0.371 e. The minimum atomic E-state index is 0.130. The van der Waals surface area contributed by atoms with Crippen LogP contribution in [0.15, 0.2) is 36.5 Å². The van der Waals surface area contributed by atoms with Gasteiger partial charge in [0.15, 0.2) is 0 Å². The second-order valence-electron chi connectivity index (χ2n) is 6.64. The number of carbonyl (C=O) groups excluding carboxylic acids is 1. The van der Waals surface area contributed by atoms with E-state index in [1.807, 2.05) is 17.8 Å². The van der Waals surface area contributed by atoms with Gasteiger partial charge in [0, 0.05) is 50.7 Å². The van der Waals surface area contributed by atoms with Crippen molar-refractivity contribution in [3.63, 3.8) is 0 Å². The number of anilines is 1. The largest absolute Gasteiger partial charge is 0.371 e. The zero-order chi connectivity index (χ0) is 16.9. The first-order chi connectivity index (χ1) is 11.6. The fourth-order valence-corrected chi connectivity index (χ4v) is 3.37. The molecule has 1 amide bonds. The van der Waals surface area contributed by atoms with Gasteiger partial charge >= 0.3 is 0 Å². The van der Waals surface area contributed by atoms with Gasteiger partial charge in [0.1, 0.15) is 0 Å². The standard InChI is InChI=1S/C19H26N4O/c1-15-5-3-4-6-18(15)23-12-10-16(14-23)13-20-19(24)8-7-17-9-11-21-22(17)2/h3-6,9,11,16H,7-8,10,12-14H2,1-2H3,(H,20,24). The number of hydrogen-bond donors (Lipinski definition) is 1. The number of nitrogens with one attached hydrogen (secondary N) is 1. The SMILES string of the molecule is Cc1ccccc1N1CCC(CNC(=O)CCc2ccnn2C)C1. The van der Waals surface area contributed by atoms with Crippen molar-refractivity contribution in [2.45, 2.75) is 26.2 Å². The minimum absolute atomic E-state index is 0.130. The second kappa shape index (κ2) is 7.51. The normalized spacial score (nSPS) is 17.2. The van der Waals surface area contributed by atoms with E-state index in [0.717, 1.165) is 38.2 Å². The number of nitrogens with zero attached hydrogens (tertiary/aromatic N) is 3. The van der Waals surface area contributed by atoms with Gasteiger partial charge in [-0.25, -0.2) is 0 Å². The van der Waals surface area contributed by atoms with Crippen LogP contribution in [0.5, 0.6) is 0 Å². The molecule has 5 nitrogen and oxygen atoms in total. The summed E-state index contributed by atoms with van der Waals surface area (Å²) in [5.74, 6) is 0.663. The molecular formula is C19H26N4O. The highest BCUT2D eigenvalue weighted by atomic mass is 16.1. The molecule has 2 aromatic rings. The van der Waals surface area contributed by atoms with E-state index in [4.69, 9.17) is 0 Å². The average Bonchev–Trinajstić information content (AvgIpc) is 3.20. The molecule has 1 aromatic heterocycles. The highest BCUT2D eigenvalue weighted by molar-refractivity contribution is 5.76. The Labute approximate surface area is 143 Å². The predicted molar refractivity (Wildman–Crippen MR) is 96.0 cm³/mol. The number of rotatable bonds is 6. The number of benzene rings is 1. The van der Waals surface area contributed by atoms with Crippen molar-refractivity contribution < 1.29 is 4.79 Å². The van der Waals surface area contributed by atoms with Gasteiger partial charge in [-0.15, -0.1) is 0 Å². The van der Waals surface area contributed by atoms with Gasteiger partial charge in [-0.3, -0.25) is 9.48 Å². The van der Waals surface area contributed by atoms with E-state index in [9.17, 15) is 4.79 Å². The van der Waals surface area contributed by atoms with Crippen molar-refractivity contribution in [3.8, 4) is 0 Å². The first kappa shape index (κ1) is 16.6. The molecular weight excluding hydrogens is 300 g/mol. The van der Waals surface area contributed by atoms with Crippen LogP contribution in [0.25, 0.3) is 0 Å². The lowest BCUT2D eigenvalue weighted by molar-refractivity contribution is -0.121. The van der Waals surface area contributed by atoms with Crippen molar-refractivity contribution in [1.29, 1.82) is 0 Å². The molecule has 1 N–H and O–H groups in total. The van der Waals surface area contributed by atoms with Crippen molar-refractivity contribution in [2.75, 3.05) is 24.5 Å². The van der Waals surface area contributed by atoms with Crippen LogP contribution in [0.1, 0.15) is 24.1 Å². The molecule has 1 aromatic carbocycles. The number of para-hydroxylation sites is 1. The predicted octanol–water partition coefficient (Wildman–Crippen LogP) is 2.30. The number of hydrogen-bond acceptors (Lipinski definition) is 3. The van der Waals surface area contributed by atoms with Crippen LogP contribution in [0.2, 0.25) is 0 Å². The molecule has 5 heteroatoms. The number of carbonyl (C=O) groups is 1. The summed E-state index contributed by atoms with van der Waals surface area (Å²) < 4.78 is 1.82. The summed E-state index contributed by atoms with van der Waals surface area (Å²) in [4.78, 5) is 14.5. The molecule has 3 rings (SSSR count). The zero-order valence-corrected chi connectivity index (χ0v) is 14.5. The third-order valence-corrected chi connectivity index (χ3v) is 4.86. The number of aromatic nitrogens is 2. The molecule has 1 fully saturated rings. The maximum Gasteiger partial charge on any atom is 0.220 e. The molecule has 1 atom stereocenters. The van der Waals surface area contributed by atoms with Gasteiger partial charge < -0.3 is 10.2 Å². The molecule has 1 aliphatic rings. The van der Waals surface area contributed by atoms with E-state index in [2.05, 4.69) is 46.5 Å². The summed E-state index contributed by atoms with van der Waals surface area (Å²) in [6, 6.07) is 10.5. The van der Waals surface area contributed by atoms with Crippen LogP contribution in [0.3, 0.4) is 0 Å². The lowest BCUT2D eigenvalue weighted by Gasteiger charge is -2.21. The maximum atomic E-state index is 12.1. The summed E-state index contributed by atoms with van der Waals surface area (Å²) in [7, 11) is 1.91. The maximum absolute atomic E-state index is 12.1. The summed E-state index contributed by atoms with van der Waals surface area (Å²) in [6.07, 6.45) is 4.17. The van der Waals surface area contributed by atoms with Crippen LogP contribution < -0.4 is 10.2 Å². The first-order valence-electron chi connectivity index (χ1n) is 8.67. The Kier molecular flexibility index (Phi) is 5.18. The molecule has 24 heavy (non-hydrogen) atoms. The number of aryl methyl sites for hydroxylation is 3. The highest BCUT2D eigenvalue weighted by Crippen LogP contribution is 2.26. The number of amides is 1. The Morgan fingerprint density at radius 3 is 2.92 bits per heavy atom. The van der Waals surface area contributed by atoms with Crippen molar-refractivity contribution in [1.82, 2.24) is 15.1 Å². The fraction of sp³-hybridized carbons (Fsp3) is 0.474. The summed E-state index contributed by atoms with van der Waals surface area (Å²) in [5.41, 5.74) is 3.73. The quantitative estimate of drug-likeness (QED) is 0.886. The van der Waals surface area contributed by atoms with Crippen LogP contribution in [0.4, 0.5) is 5.69 Å². The Morgan fingerprint density at radius 1 is 1.33 bits per heavy atom. The second-order valence-corrected chi connectivity index (χ2v) is 6.64. The first-order valence-corrected chi connectivity index (χ1v) is 8.67. The molecule has 2 heterocycles. The third-order valence-electron chi connectivity index (χ3n) is 4.86. The molecule has 0 bridgehead atoms. The van der Waals surface area contributed by atoms with E-state index < -0.39 is 0 Å². The highest BCUT2D eigenvalue weighted by Gasteiger charge is 2.23. The summed E-state index contributed by atoms with van der Waals surface area (Å²) in [5, 5.41) is 7.23. The van der Waals surface area contributed by atoms with Gasteiger partial charge in [0.25, 0.3) is 0 Å². The Morgan fingerprint density at radius 2 is 2.17 bits per heavy atom. The summed E-state index contributed by atoms with van der Waals surface area (Å²) in [6.45, 7) is 5.02. The fourth-order valence-electron chi connectivity index (χ4n) is 3.37. The van der Waals surface area contributed by atoms with Crippen LogP contribution >= 0.6 is 0 Å². The lowest BCUT2D eigenvalue weighted by Crippen LogP contribution is -2.31. The van der Waals surface area contributed by atoms with E-state index >= 15 is 0 Å². The van der Waals surface area contributed by atoms with Gasteiger partial charge in [-0.05, 0) is 43.4 Å². The smallest absolute Gasteiger partial charge is 0.220 e. The van der Waals surface area contributed by atoms with Crippen LogP contribution in [-0.2, 0) is 18.3 Å². The van der Waals surface area contributed by atoms with Crippen molar-refractivity contribution in [3.05, 3.63) is 47.8 Å². The molecule has 1 unspecified atom stereocenters. The van der Waals surface area contributed by atoms with Crippen molar-refractivity contribution >= 4 is 11.6 Å². The molecule has 0 radical (unpaired) electrons. The molecule has 0 saturated carbocycles. The van der Waals surface area contributed by atoms with E-state index in [-0.39, 0.29) is 5.91 Å². The van der Waals surface area contributed by atoms with Crippen molar-refractivity contribution in [2.24, 2.45) is 13.0 Å². The van der Waals surface area contributed by atoms with Crippen LogP contribution in [0, 0.1) is 12.8 Å². The van der Waals surface area contributed by atoms with E-state index in [1.165, 1.54) is 11.3 Å². The van der Waals surface area contributed by atoms with Gasteiger partial charge in [-0.1, -0.05) is 18.2 Å².